The summed E-state index contributed by atoms with van der Waals surface area (Å²) < 4.78 is 6.49. The van der Waals surface area contributed by atoms with E-state index in [1.807, 2.05) is 6.07 Å². The molecule has 7 nitrogen and oxygen atoms in total. The van der Waals surface area contributed by atoms with Crippen LogP contribution in [0.3, 0.4) is 0 Å². The van der Waals surface area contributed by atoms with Gasteiger partial charge in [-0.1, -0.05) is 12.1 Å². The molecule has 0 fully saturated rings. The van der Waals surface area contributed by atoms with Crippen molar-refractivity contribution in [3.05, 3.63) is 93.7 Å². The van der Waals surface area contributed by atoms with E-state index in [2.05, 4.69) is 31.4 Å². The third kappa shape index (κ3) is 5.73. The third-order valence-corrected chi connectivity index (χ3v) is 4.49. The first-order valence-electron chi connectivity index (χ1n) is 8.51. The highest BCUT2D eigenvalue weighted by Gasteiger charge is 2.06. The van der Waals surface area contributed by atoms with Gasteiger partial charge in [-0.3, -0.25) is 9.78 Å². The summed E-state index contributed by atoms with van der Waals surface area (Å²) in [7, 11) is 0. The molecule has 2 N–H and O–H groups in total. The highest BCUT2D eigenvalue weighted by Crippen LogP contribution is 2.26. The van der Waals surface area contributed by atoms with Gasteiger partial charge < -0.3 is 9.84 Å². The molecule has 1 aromatic heterocycles. The van der Waals surface area contributed by atoms with Crippen molar-refractivity contribution in [1.29, 1.82) is 0 Å². The number of nitrogens with zero attached hydrogens (tertiary/aromatic N) is 2. The Hall–Kier alpha value is -3.52. The summed E-state index contributed by atoms with van der Waals surface area (Å²) in [5.74, 6) is -0.656. The minimum Gasteiger partial charge on any atom is -0.488 e. The van der Waals surface area contributed by atoms with E-state index < -0.39 is 5.97 Å². The van der Waals surface area contributed by atoms with Crippen molar-refractivity contribution in [1.82, 2.24) is 10.4 Å². The fourth-order valence-corrected chi connectivity index (χ4v) is 2.86. The second-order valence-electron chi connectivity index (χ2n) is 5.92. The number of carbonyl (C=O) groups is 2. The van der Waals surface area contributed by atoms with Crippen LogP contribution in [-0.4, -0.2) is 28.2 Å². The Kier molecular flexibility index (Phi) is 6.70. The number of carbonyl (C=O) groups excluding carboxylic acids is 1. The van der Waals surface area contributed by atoms with Crippen LogP contribution in [-0.2, 0) is 6.61 Å². The molecule has 8 heteroatoms. The van der Waals surface area contributed by atoms with Crippen LogP contribution in [0, 0.1) is 0 Å². The zero-order chi connectivity index (χ0) is 20.6. The fraction of sp³-hybridized carbons (Fsp3) is 0.0476. The molecule has 0 atom stereocenters. The summed E-state index contributed by atoms with van der Waals surface area (Å²) in [6.07, 6.45) is 4.60. The zero-order valence-corrected chi connectivity index (χ0v) is 16.7. The maximum Gasteiger partial charge on any atom is 0.335 e. The molecule has 0 saturated carbocycles. The van der Waals surface area contributed by atoms with Gasteiger partial charge in [-0.25, -0.2) is 10.2 Å². The van der Waals surface area contributed by atoms with E-state index in [4.69, 9.17) is 9.84 Å². The molecule has 0 bridgehead atoms. The topological polar surface area (TPSA) is 101 Å². The van der Waals surface area contributed by atoms with Crippen LogP contribution in [0.5, 0.6) is 5.75 Å². The Morgan fingerprint density at radius 3 is 2.45 bits per heavy atom. The molecule has 0 radical (unpaired) electrons. The minimum absolute atomic E-state index is 0.231. The number of nitrogens with one attached hydrogen (secondary N) is 1. The number of benzene rings is 2. The van der Waals surface area contributed by atoms with Gasteiger partial charge in [-0.2, -0.15) is 5.10 Å². The molecule has 1 amide bonds. The lowest BCUT2D eigenvalue weighted by Crippen LogP contribution is -2.17. The molecule has 0 saturated heterocycles. The van der Waals surface area contributed by atoms with Crippen LogP contribution in [0.4, 0.5) is 0 Å². The van der Waals surface area contributed by atoms with Crippen LogP contribution in [0.25, 0.3) is 0 Å². The molecule has 146 valence electrons. The van der Waals surface area contributed by atoms with Gasteiger partial charge in [0.1, 0.15) is 12.4 Å². The summed E-state index contributed by atoms with van der Waals surface area (Å²) in [6, 6.07) is 15.1. The van der Waals surface area contributed by atoms with Gasteiger partial charge in [0.05, 0.1) is 16.3 Å². The van der Waals surface area contributed by atoms with Crippen molar-refractivity contribution in [2.75, 3.05) is 0 Å². The maximum absolute atomic E-state index is 11.9. The maximum atomic E-state index is 11.9. The third-order valence-electron chi connectivity index (χ3n) is 3.87. The van der Waals surface area contributed by atoms with Crippen molar-refractivity contribution in [2.45, 2.75) is 6.61 Å². The standard InChI is InChI=1S/C21H16BrN3O4/c22-18-11-15(12-24-25-20(26)16-7-9-23-10-8-16)3-6-19(18)29-13-14-1-4-17(5-2-14)21(27)28/h1-12H,13H2,(H,25,26)(H,27,28)/b24-12-. The van der Waals surface area contributed by atoms with Crippen molar-refractivity contribution < 1.29 is 19.4 Å². The lowest BCUT2D eigenvalue weighted by atomic mass is 10.1. The second kappa shape index (κ2) is 9.61. The normalized spacial score (nSPS) is 10.7. The Morgan fingerprint density at radius 1 is 1.07 bits per heavy atom. The molecule has 0 aliphatic rings. The van der Waals surface area contributed by atoms with Crippen LogP contribution < -0.4 is 10.2 Å². The molecule has 29 heavy (non-hydrogen) atoms. The zero-order valence-electron chi connectivity index (χ0n) is 15.1. The molecule has 1 heterocycles. The van der Waals surface area contributed by atoms with Gasteiger partial charge in [-0.15, -0.1) is 0 Å². The van der Waals surface area contributed by atoms with E-state index in [1.165, 1.54) is 30.7 Å². The van der Waals surface area contributed by atoms with E-state index in [0.29, 0.717) is 17.9 Å². The lowest BCUT2D eigenvalue weighted by Gasteiger charge is -2.09. The predicted molar refractivity (Wildman–Crippen MR) is 111 cm³/mol. The average molecular weight is 454 g/mol. The van der Waals surface area contributed by atoms with Gasteiger partial charge >= 0.3 is 5.97 Å². The Balaban J connectivity index is 1.56. The van der Waals surface area contributed by atoms with E-state index >= 15 is 0 Å². The average Bonchev–Trinajstić information content (AvgIpc) is 2.74. The number of aromatic nitrogens is 1. The molecule has 0 spiro atoms. The summed E-state index contributed by atoms with van der Waals surface area (Å²) in [5, 5.41) is 12.9. The predicted octanol–water partition coefficient (Wildman–Crippen LogP) is 3.89. The first kappa shape index (κ1) is 20.2. The SMILES string of the molecule is O=C(O)c1ccc(COc2ccc(/C=N\NC(=O)c3ccncc3)cc2Br)cc1. The van der Waals surface area contributed by atoms with Crippen molar-refractivity contribution in [3.8, 4) is 5.75 Å². The number of pyridine rings is 1. The largest absolute Gasteiger partial charge is 0.488 e. The summed E-state index contributed by atoms with van der Waals surface area (Å²) in [5.41, 5.74) is 4.78. The van der Waals surface area contributed by atoms with Crippen LogP contribution in [0.2, 0.25) is 0 Å². The molecule has 3 rings (SSSR count). The van der Waals surface area contributed by atoms with Gasteiger partial charge in [0.2, 0.25) is 0 Å². The van der Waals surface area contributed by atoms with E-state index in [1.54, 1.807) is 36.4 Å². The number of hydrazone groups is 1. The molecule has 3 aromatic rings. The van der Waals surface area contributed by atoms with E-state index in [0.717, 1.165) is 15.6 Å². The summed E-state index contributed by atoms with van der Waals surface area (Å²) >= 11 is 3.45. The summed E-state index contributed by atoms with van der Waals surface area (Å²) in [4.78, 5) is 26.7. The number of rotatable bonds is 7. The number of ether oxygens (including phenoxy) is 1. The van der Waals surface area contributed by atoms with Crippen molar-refractivity contribution >= 4 is 34.0 Å². The van der Waals surface area contributed by atoms with Crippen molar-refractivity contribution in [3.63, 3.8) is 0 Å². The first-order valence-corrected chi connectivity index (χ1v) is 9.30. The Morgan fingerprint density at radius 2 is 1.79 bits per heavy atom. The van der Waals surface area contributed by atoms with Gasteiger partial charge in [0.15, 0.2) is 0 Å². The highest BCUT2D eigenvalue weighted by atomic mass is 79.9. The quantitative estimate of drug-likeness (QED) is 0.417. The Bertz CT molecular complexity index is 1040. The number of hydrogen-bond acceptors (Lipinski definition) is 5. The molecule has 0 aliphatic heterocycles. The smallest absolute Gasteiger partial charge is 0.335 e. The van der Waals surface area contributed by atoms with Crippen LogP contribution in [0.1, 0.15) is 31.8 Å². The van der Waals surface area contributed by atoms with Gasteiger partial charge in [-0.05, 0) is 69.5 Å². The van der Waals surface area contributed by atoms with E-state index in [-0.39, 0.29) is 11.5 Å². The lowest BCUT2D eigenvalue weighted by molar-refractivity contribution is 0.0696. The van der Waals surface area contributed by atoms with Crippen LogP contribution >= 0.6 is 15.9 Å². The second-order valence-corrected chi connectivity index (χ2v) is 6.77. The highest BCUT2D eigenvalue weighted by molar-refractivity contribution is 9.10. The van der Waals surface area contributed by atoms with Crippen molar-refractivity contribution in [2.24, 2.45) is 5.10 Å². The van der Waals surface area contributed by atoms with Crippen LogP contribution in [0.15, 0.2) is 76.6 Å². The number of carboxylic acids is 1. The number of aromatic carboxylic acids is 1. The number of halogens is 1. The molecular weight excluding hydrogens is 438 g/mol. The fourth-order valence-electron chi connectivity index (χ4n) is 2.35. The Labute approximate surface area is 175 Å². The number of carboxylic acid groups (broad SMARTS) is 1. The summed E-state index contributed by atoms with van der Waals surface area (Å²) in [6.45, 7) is 0.300. The molecule has 0 unspecified atom stereocenters. The molecule has 0 aliphatic carbocycles. The van der Waals surface area contributed by atoms with Gasteiger partial charge in [0, 0.05) is 18.0 Å². The minimum atomic E-state index is -0.963. The van der Waals surface area contributed by atoms with E-state index in [9.17, 15) is 9.59 Å². The monoisotopic (exact) mass is 453 g/mol. The number of hydrogen-bond donors (Lipinski definition) is 2. The molecular formula is C21H16BrN3O4. The number of amides is 1. The van der Waals surface area contributed by atoms with Gasteiger partial charge in [0.25, 0.3) is 5.91 Å². The molecule has 2 aromatic carbocycles. The first-order chi connectivity index (χ1) is 14.0.